The number of carbonyl (C=O) groups is 1. The molecule has 0 radical (unpaired) electrons. The first-order valence-electron chi connectivity index (χ1n) is 6.71. The Morgan fingerprint density at radius 2 is 1.90 bits per heavy atom. The van der Waals surface area contributed by atoms with Crippen LogP contribution >= 0.6 is 12.2 Å². The zero-order chi connectivity index (χ0) is 15.4. The van der Waals surface area contributed by atoms with Crippen LogP contribution in [0.15, 0.2) is 30.3 Å². The fourth-order valence-electron chi connectivity index (χ4n) is 2.39. The number of carbonyl (C=O) groups excluding carboxylic acids is 1. The lowest BCUT2D eigenvalue weighted by atomic mass is 9.96. The van der Waals surface area contributed by atoms with E-state index in [1.807, 2.05) is 44.2 Å². The average molecular weight is 296 g/mol. The standard InChI is InChI=1S/C17H16N2OS/c1-11-15(12(2)19-17(21)16(11)10-18)9-14(20)8-13-6-4-3-5-7-13/h3-7H,8-9H2,1-2H3,(H,19,21). The van der Waals surface area contributed by atoms with Crippen LogP contribution in [-0.2, 0) is 17.6 Å². The molecule has 1 N–H and O–H groups in total. The number of nitrogens with zero attached hydrogens (tertiary/aromatic N) is 1. The Kier molecular flexibility index (Phi) is 4.66. The zero-order valence-electron chi connectivity index (χ0n) is 12.1. The first kappa shape index (κ1) is 15.1. The van der Waals surface area contributed by atoms with Gasteiger partial charge in [-0.2, -0.15) is 5.26 Å². The van der Waals surface area contributed by atoms with E-state index in [0.717, 1.165) is 22.4 Å². The average Bonchev–Trinajstić information content (AvgIpc) is 2.45. The molecule has 1 heterocycles. The maximum absolute atomic E-state index is 12.2. The van der Waals surface area contributed by atoms with Gasteiger partial charge in [0, 0.05) is 18.5 Å². The SMILES string of the molecule is Cc1[nH]c(=S)c(C#N)c(C)c1CC(=O)Cc1ccccc1. The van der Waals surface area contributed by atoms with E-state index in [2.05, 4.69) is 11.1 Å². The molecule has 2 rings (SSSR count). The monoisotopic (exact) mass is 296 g/mol. The van der Waals surface area contributed by atoms with Gasteiger partial charge in [0.2, 0.25) is 0 Å². The van der Waals surface area contributed by atoms with Crippen LogP contribution in [0.1, 0.15) is 27.9 Å². The van der Waals surface area contributed by atoms with E-state index in [0.29, 0.717) is 23.0 Å². The fraction of sp³-hybridized carbons (Fsp3) is 0.235. The Bertz CT molecular complexity index is 770. The highest BCUT2D eigenvalue weighted by Crippen LogP contribution is 2.18. The van der Waals surface area contributed by atoms with Gasteiger partial charge in [-0.1, -0.05) is 42.5 Å². The summed E-state index contributed by atoms with van der Waals surface area (Å²) in [5.74, 6) is 0.127. The van der Waals surface area contributed by atoms with Crippen LogP contribution in [-0.4, -0.2) is 10.8 Å². The zero-order valence-corrected chi connectivity index (χ0v) is 12.9. The van der Waals surface area contributed by atoms with Gasteiger partial charge in [-0.3, -0.25) is 4.79 Å². The molecule has 0 amide bonds. The van der Waals surface area contributed by atoms with Crippen LogP contribution in [0.4, 0.5) is 0 Å². The van der Waals surface area contributed by atoms with E-state index >= 15 is 0 Å². The van der Waals surface area contributed by atoms with Crippen LogP contribution in [0.2, 0.25) is 0 Å². The second kappa shape index (κ2) is 6.47. The van der Waals surface area contributed by atoms with Crippen LogP contribution in [0, 0.1) is 29.8 Å². The maximum atomic E-state index is 12.2. The Hall–Kier alpha value is -2.25. The van der Waals surface area contributed by atoms with Gasteiger partial charge in [0.25, 0.3) is 0 Å². The maximum Gasteiger partial charge on any atom is 0.141 e. The van der Waals surface area contributed by atoms with Crippen molar-refractivity contribution in [3.8, 4) is 6.07 Å². The molecule has 4 heteroatoms. The molecule has 3 nitrogen and oxygen atoms in total. The molecule has 106 valence electrons. The van der Waals surface area contributed by atoms with Crippen molar-refractivity contribution < 1.29 is 4.79 Å². The number of H-pyrrole nitrogens is 1. The molecular formula is C17H16N2OS. The number of rotatable bonds is 4. The second-order valence-corrected chi connectivity index (χ2v) is 5.46. The molecule has 2 aromatic rings. The highest BCUT2D eigenvalue weighted by Gasteiger charge is 2.14. The van der Waals surface area contributed by atoms with Crippen LogP contribution in [0.25, 0.3) is 0 Å². The van der Waals surface area contributed by atoms with E-state index in [4.69, 9.17) is 17.5 Å². The summed E-state index contributed by atoms with van der Waals surface area (Å²) in [6, 6.07) is 11.8. The fourth-order valence-corrected chi connectivity index (χ4v) is 2.75. The Balaban J connectivity index is 2.26. The van der Waals surface area contributed by atoms with Gasteiger partial charge in [-0.05, 0) is 30.5 Å². The van der Waals surface area contributed by atoms with Gasteiger partial charge in [0.1, 0.15) is 16.5 Å². The Labute approximate surface area is 129 Å². The number of aryl methyl sites for hydroxylation is 1. The van der Waals surface area contributed by atoms with Gasteiger partial charge < -0.3 is 4.98 Å². The van der Waals surface area contributed by atoms with Crippen molar-refractivity contribution in [3.05, 3.63) is 62.9 Å². The normalized spacial score (nSPS) is 10.1. The minimum atomic E-state index is 0.127. The molecule has 0 spiro atoms. The Morgan fingerprint density at radius 1 is 1.24 bits per heavy atom. The number of nitriles is 1. The first-order chi connectivity index (χ1) is 10.0. The van der Waals surface area contributed by atoms with E-state index in [1.165, 1.54) is 0 Å². The van der Waals surface area contributed by atoms with E-state index in [-0.39, 0.29) is 5.78 Å². The molecule has 21 heavy (non-hydrogen) atoms. The largest absolute Gasteiger partial charge is 0.349 e. The number of benzene rings is 1. The number of Topliss-reactive ketones (excluding diaryl/α,β-unsaturated/α-hetero) is 1. The Morgan fingerprint density at radius 3 is 2.52 bits per heavy atom. The number of nitrogens with one attached hydrogen (secondary N) is 1. The van der Waals surface area contributed by atoms with Crippen LogP contribution in [0.3, 0.4) is 0 Å². The number of pyridine rings is 1. The van der Waals surface area contributed by atoms with Gasteiger partial charge in [0.15, 0.2) is 0 Å². The molecule has 0 saturated carbocycles. The van der Waals surface area contributed by atoms with Crippen molar-refractivity contribution >= 4 is 18.0 Å². The van der Waals surface area contributed by atoms with Crippen molar-refractivity contribution in [2.24, 2.45) is 0 Å². The molecule has 0 unspecified atom stereocenters. The van der Waals surface area contributed by atoms with Gasteiger partial charge in [-0.15, -0.1) is 0 Å². The van der Waals surface area contributed by atoms with Crippen molar-refractivity contribution in [3.63, 3.8) is 0 Å². The molecule has 0 bridgehead atoms. The number of hydrogen-bond acceptors (Lipinski definition) is 3. The third-order valence-corrected chi connectivity index (χ3v) is 3.84. The van der Waals surface area contributed by atoms with E-state index in [1.54, 1.807) is 0 Å². The summed E-state index contributed by atoms with van der Waals surface area (Å²) in [6.07, 6.45) is 0.713. The molecule has 0 saturated heterocycles. The lowest BCUT2D eigenvalue weighted by molar-refractivity contribution is -0.117. The number of ketones is 1. The number of aromatic amines is 1. The number of hydrogen-bond donors (Lipinski definition) is 1. The summed E-state index contributed by atoms with van der Waals surface area (Å²) in [7, 11) is 0. The summed E-state index contributed by atoms with van der Waals surface area (Å²) >= 11 is 5.14. The molecule has 0 aliphatic rings. The summed E-state index contributed by atoms with van der Waals surface area (Å²) in [6.45, 7) is 3.73. The predicted octanol–water partition coefficient (Wildman–Crippen LogP) is 3.59. The molecule has 1 aromatic carbocycles. The highest BCUT2D eigenvalue weighted by molar-refractivity contribution is 7.71. The minimum Gasteiger partial charge on any atom is -0.349 e. The molecule has 0 aliphatic carbocycles. The van der Waals surface area contributed by atoms with Crippen molar-refractivity contribution in [2.75, 3.05) is 0 Å². The third-order valence-electron chi connectivity index (χ3n) is 3.54. The van der Waals surface area contributed by atoms with Crippen molar-refractivity contribution in [1.29, 1.82) is 5.26 Å². The summed E-state index contributed by atoms with van der Waals surface area (Å²) in [4.78, 5) is 15.3. The third kappa shape index (κ3) is 3.45. The minimum absolute atomic E-state index is 0.127. The second-order valence-electron chi connectivity index (χ2n) is 5.05. The summed E-state index contributed by atoms with van der Waals surface area (Å²) in [5.41, 5.74) is 4.00. The van der Waals surface area contributed by atoms with Crippen LogP contribution < -0.4 is 0 Å². The quantitative estimate of drug-likeness (QED) is 0.877. The number of aromatic nitrogens is 1. The van der Waals surface area contributed by atoms with Gasteiger partial charge in [-0.25, -0.2) is 0 Å². The lowest BCUT2D eigenvalue weighted by Crippen LogP contribution is -2.11. The van der Waals surface area contributed by atoms with E-state index in [9.17, 15) is 4.79 Å². The highest BCUT2D eigenvalue weighted by atomic mass is 32.1. The van der Waals surface area contributed by atoms with Gasteiger partial charge in [0.05, 0.1) is 5.56 Å². The molecule has 1 aromatic heterocycles. The van der Waals surface area contributed by atoms with Crippen molar-refractivity contribution in [2.45, 2.75) is 26.7 Å². The lowest BCUT2D eigenvalue weighted by Gasteiger charge is -2.11. The molecule has 0 fully saturated rings. The first-order valence-corrected chi connectivity index (χ1v) is 7.12. The summed E-state index contributed by atoms with van der Waals surface area (Å²) < 4.78 is 0.437. The molecular weight excluding hydrogens is 280 g/mol. The van der Waals surface area contributed by atoms with Gasteiger partial charge >= 0.3 is 0 Å². The summed E-state index contributed by atoms with van der Waals surface area (Å²) in [5, 5.41) is 9.16. The molecule has 0 aliphatic heterocycles. The smallest absolute Gasteiger partial charge is 0.141 e. The topological polar surface area (TPSA) is 56.6 Å². The van der Waals surface area contributed by atoms with E-state index < -0.39 is 0 Å². The van der Waals surface area contributed by atoms with Crippen LogP contribution in [0.5, 0.6) is 0 Å². The molecule has 0 atom stereocenters. The van der Waals surface area contributed by atoms with Crippen molar-refractivity contribution in [1.82, 2.24) is 4.98 Å². The predicted molar refractivity (Wildman–Crippen MR) is 84.7 cm³/mol.